The van der Waals surface area contributed by atoms with Gasteiger partial charge in [-0.2, -0.15) is 11.3 Å². The highest BCUT2D eigenvalue weighted by atomic mass is 32.1. The van der Waals surface area contributed by atoms with Crippen molar-refractivity contribution in [2.45, 2.75) is 25.9 Å². The molecule has 2 nitrogen and oxygen atoms in total. The number of thiophene rings is 1. The smallest absolute Gasteiger partial charge is 0.0219 e. The Labute approximate surface area is 83.4 Å². The molecule has 1 unspecified atom stereocenters. The van der Waals surface area contributed by atoms with Crippen LogP contribution in [0.4, 0.5) is 0 Å². The second kappa shape index (κ2) is 4.22. The van der Waals surface area contributed by atoms with Gasteiger partial charge in [-0.1, -0.05) is 0 Å². The average Bonchev–Trinajstić information content (AvgIpc) is 2.72. The molecule has 1 atom stereocenters. The third-order valence-electron chi connectivity index (χ3n) is 2.60. The van der Waals surface area contributed by atoms with E-state index < -0.39 is 0 Å². The number of rotatable bonds is 3. The van der Waals surface area contributed by atoms with Gasteiger partial charge in [0.15, 0.2) is 0 Å². The van der Waals surface area contributed by atoms with Gasteiger partial charge in [-0.3, -0.25) is 0 Å². The SMILES string of the molecule is Cc1cscc1CNC1CCNC1. The molecule has 0 bridgehead atoms. The normalized spacial score (nSPS) is 22.4. The summed E-state index contributed by atoms with van der Waals surface area (Å²) in [5, 5.41) is 11.4. The van der Waals surface area contributed by atoms with Crippen molar-refractivity contribution in [1.29, 1.82) is 0 Å². The van der Waals surface area contributed by atoms with Crippen LogP contribution in [0.3, 0.4) is 0 Å². The highest BCUT2D eigenvalue weighted by Crippen LogP contribution is 2.13. The summed E-state index contributed by atoms with van der Waals surface area (Å²) in [6, 6.07) is 0.680. The molecule has 0 radical (unpaired) electrons. The summed E-state index contributed by atoms with van der Waals surface area (Å²) in [5.41, 5.74) is 2.88. The predicted molar refractivity (Wildman–Crippen MR) is 57.2 cm³/mol. The Hall–Kier alpha value is -0.380. The topological polar surface area (TPSA) is 24.1 Å². The maximum Gasteiger partial charge on any atom is 0.0219 e. The first-order valence-corrected chi connectivity index (χ1v) is 5.76. The highest BCUT2D eigenvalue weighted by molar-refractivity contribution is 7.08. The summed E-state index contributed by atoms with van der Waals surface area (Å²) in [6.07, 6.45) is 1.27. The van der Waals surface area contributed by atoms with Crippen molar-refractivity contribution in [3.63, 3.8) is 0 Å². The van der Waals surface area contributed by atoms with Crippen LogP contribution < -0.4 is 10.6 Å². The monoisotopic (exact) mass is 196 g/mol. The summed E-state index contributed by atoms with van der Waals surface area (Å²) >= 11 is 1.79. The molecule has 0 amide bonds. The zero-order valence-corrected chi connectivity index (χ0v) is 8.79. The molecule has 13 heavy (non-hydrogen) atoms. The van der Waals surface area contributed by atoms with Crippen LogP contribution in [0.15, 0.2) is 10.8 Å². The largest absolute Gasteiger partial charge is 0.315 e. The van der Waals surface area contributed by atoms with Crippen LogP contribution in [0.5, 0.6) is 0 Å². The Morgan fingerprint density at radius 2 is 2.54 bits per heavy atom. The van der Waals surface area contributed by atoms with Gasteiger partial charge in [-0.15, -0.1) is 0 Å². The van der Waals surface area contributed by atoms with Crippen LogP contribution in [-0.4, -0.2) is 19.1 Å². The lowest BCUT2D eigenvalue weighted by Gasteiger charge is -2.10. The quantitative estimate of drug-likeness (QED) is 0.765. The molecule has 2 heterocycles. The van der Waals surface area contributed by atoms with Crippen molar-refractivity contribution in [3.05, 3.63) is 21.9 Å². The lowest BCUT2D eigenvalue weighted by Crippen LogP contribution is -2.30. The summed E-state index contributed by atoms with van der Waals surface area (Å²) in [4.78, 5) is 0. The molecule has 3 heteroatoms. The van der Waals surface area contributed by atoms with Gasteiger partial charge in [-0.05, 0) is 41.8 Å². The molecule has 1 saturated heterocycles. The summed E-state index contributed by atoms with van der Waals surface area (Å²) in [5.74, 6) is 0. The molecule has 1 aliphatic rings. The zero-order chi connectivity index (χ0) is 9.10. The van der Waals surface area contributed by atoms with E-state index in [1.807, 2.05) is 0 Å². The van der Waals surface area contributed by atoms with Crippen LogP contribution in [0, 0.1) is 6.92 Å². The Morgan fingerprint density at radius 3 is 3.15 bits per heavy atom. The molecule has 0 saturated carbocycles. The zero-order valence-electron chi connectivity index (χ0n) is 7.97. The molecule has 72 valence electrons. The number of hydrogen-bond acceptors (Lipinski definition) is 3. The Bertz CT molecular complexity index is 264. The molecule has 1 aliphatic heterocycles. The van der Waals surface area contributed by atoms with E-state index in [1.165, 1.54) is 24.1 Å². The fourth-order valence-corrected chi connectivity index (χ4v) is 2.51. The minimum Gasteiger partial charge on any atom is -0.315 e. The molecular formula is C10H16N2S. The van der Waals surface area contributed by atoms with Crippen molar-refractivity contribution in [1.82, 2.24) is 10.6 Å². The standard InChI is InChI=1S/C10H16N2S/c1-8-6-13-7-9(8)4-12-10-2-3-11-5-10/h6-7,10-12H,2-5H2,1H3. The van der Waals surface area contributed by atoms with Gasteiger partial charge >= 0.3 is 0 Å². The van der Waals surface area contributed by atoms with Gasteiger partial charge in [0, 0.05) is 19.1 Å². The maximum absolute atomic E-state index is 3.57. The fourth-order valence-electron chi connectivity index (χ4n) is 1.65. The molecule has 0 aromatic carbocycles. The van der Waals surface area contributed by atoms with Crippen LogP contribution in [0.2, 0.25) is 0 Å². The lowest BCUT2D eigenvalue weighted by molar-refractivity contribution is 0.547. The predicted octanol–water partition coefficient (Wildman–Crippen LogP) is 1.51. The minimum absolute atomic E-state index is 0.680. The van der Waals surface area contributed by atoms with E-state index in [4.69, 9.17) is 0 Å². The van der Waals surface area contributed by atoms with Crippen LogP contribution in [0.25, 0.3) is 0 Å². The second-order valence-corrected chi connectivity index (χ2v) is 4.39. The molecule has 0 spiro atoms. The van der Waals surface area contributed by atoms with Crippen molar-refractivity contribution >= 4 is 11.3 Å². The maximum atomic E-state index is 3.57. The Kier molecular flexibility index (Phi) is 2.98. The number of hydrogen-bond donors (Lipinski definition) is 2. The van der Waals surface area contributed by atoms with E-state index in [1.54, 1.807) is 11.3 Å². The number of nitrogens with one attached hydrogen (secondary N) is 2. The molecule has 1 aromatic rings. The van der Waals surface area contributed by atoms with Crippen molar-refractivity contribution in [2.75, 3.05) is 13.1 Å². The summed E-state index contributed by atoms with van der Waals surface area (Å²) in [7, 11) is 0. The van der Waals surface area contributed by atoms with Crippen LogP contribution in [-0.2, 0) is 6.54 Å². The van der Waals surface area contributed by atoms with E-state index in [2.05, 4.69) is 28.3 Å². The van der Waals surface area contributed by atoms with E-state index in [0.29, 0.717) is 6.04 Å². The van der Waals surface area contributed by atoms with Gasteiger partial charge in [0.05, 0.1) is 0 Å². The second-order valence-electron chi connectivity index (χ2n) is 3.65. The molecule has 2 rings (SSSR count). The van der Waals surface area contributed by atoms with E-state index >= 15 is 0 Å². The van der Waals surface area contributed by atoms with Crippen molar-refractivity contribution in [3.8, 4) is 0 Å². The highest BCUT2D eigenvalue weighted by Gasteiger charge is 2.13. The number of aryl methyl sites for hydroxylation is 1. The van der Waals surface area contributed by atoms with Crippen molar-refractivity contribution in [2.24, 2.45) is 0 Å². The third kappa shape index (κ3) is 2.30. The van der Waals surface area contributed by atoms with Gasteiger partial charge in [-0.25, -0.2) is 0 Å². The van der Waals surface area contributed by atoms with Gasteiger partial charge in [0.2, 0.25) is 0 Å². The first-order chi connectivity index (χ1) is 6.36. The summed E-state index contributed by atoms with van der Waals surface area (Å²) in [6.45, 7) is 5.51. The van der Waals surface area contributed by atoms with E-state index in [0.717, 1.165) is 13.1 Å². The molecule has 2 N–H and O–H groups in total. The first-order valence-electron chi connectivity index (χ1n) is 4.82. The Balaban J connectivity index is 1.82. The minimum atomic E-state index is 0.680. The molecule has 1 fully saturated rings. The van der Waals surface area contributed by atoms with E-state index in [-0.39, 0.29) is 0 Å². The summed E-state index contributed by atoms with van der Waals surface area (Å²) < 4.78 is 0. The van der Waals surface area contributed by atoms with Gasteiger partial charge in [0.25, 0.3) is 0 Å². The Morgan fingerprint density at radius 1 is 1.62 bits per heavy atom. The molecular weight excluding hydrogens is 180 g/mol. The van der Waals surface area contributed by atoms with Gasteiger partial charge < -0.3 is 10.6 Å². The third-order valence-corrected chi connectivity index (χ3v) is 3.51. The van der Waals surface area contributed by atoms with Crippen LogP contribution >= 0.6 is 11.3 Å². The molecule has 0 aliphatic carbocycles. The van der Waals surface area contributed by atoms with Crippen LogP contribution in [0.1, 0.15) is 17.5 Å². The first kappa shape index (κ1) is 9.19. The fraction of sp³-hybridized carbons (Fsp3) is 0.600. The van der Waals surface area contributed by atoms with E-state index in [9.17, 15) is 0 Å². The van der Waals surface area contributed by atoms with Gasteiger partial charge in [0.1, 0.15) is 0 Å². The molecule has 1 aromatic heterocycles. The lowest BCUT2D eigenvalue weighted by atomic mass is 10.2. The average molecular weight is 196 g/mol. The van der Waals surface area contributed by atoms with Crippen molar-refractivity contribution < 1.29 is 0 Å².